The van der Waals surface area contributed by atoms with Crippen molar-refractivity contribution in [2.75, 3.05) is 0 Å². The minimum Gasteiger partial charge on any atom is -0.481 e. The number of aliphatic carboxylic acids is 1. The highest BCUT2D eigenvalue weighted by atomic mass is 16.4. The maximum absolute atomic E-state index is 11.1. The molecule has 1 aromatic carbocycles. The molecule has 0 amide bonds. The lowest BCUT2D eigenvalue weighted by Crippen LogP contribution is -2.05. The van der Waals surface area contributed by atoms with E-state index in [0.717, 1.165) is 5.69 Å². The quantitative estimate of drug-likeness (QED) is 0.760. The molecule has 7 nitrogen and oxygen atoms in total. The third kappa shape index (κ3) is 1.85. The van der Waals surface area contributed by atoms with E-state index >= 15 is 0 Å². The van der Waals surface area contributed by atoms with Gasteiger partial charge in [-0.15, -0.1) is 0 Å². The van der Waals surface area contributed by atoms with Gasteiger partial charge < -0.3 is 14.8 Å². The zero-order valence-corrected chi connectivity index (χ0v) is 11.5. The Balaban J connectivity index is 2.42. The maximum Gasteiger partial charge on any atom is 0.335 e. The average molecular weight is 287 g/mol. The van der Waals surface area contributed by atoms with Gasteiger partial charge in [0, 0.05) is 12.7 Å². The summed E-state index contributed by atoms with van der Waals surface area (Å²) in [7, 11) is 1.81. The number of hydrogen-bond acceptors (Lipinski definition) is 3. The van der Waals surface area contributed by atoms with Gasteiger partial charge in [-0.1, -0.05) is 0 Å². The van der Waals surface area contributed by atoms with E-state index in [-0.39, 0.29) is 12.0 Å². The van der Waals surface area contributed by atoms with E-state index in [1.54, 1.807) is 22.1 Å². The maximum atomic E-state index is 11.1. The second-order valence-corrected chi connectivity index (χ2v) is 4.92. The van der Waals surface area contributed by atoms with Crippen molar-refractivity contribution in [2.45, 2.75) is 13.3 Å². The zero-order chi connectivity index (χ0) is 15.3. The van der Waals surface area contributed by atoms with E-state index in [4.69, 9.17) is 10.2 Å². The van der Waals surface area contributed by atoms with Crippen LogP contribution in [0.25, 0.3) is 16.8 Å². The Morgan fingerprint density at radius 1 is 1.29 bits per heavy atom. The molecule has 0 atom stereocenters. The number of rotatable bonds is 3. The topological polar surface area (TPSA) is 96.8 Å². The van der Waals surface area contributed by atoms with Crippen molar-refractivity contribution < 1.29 is 19.8 Å². The normalized spacial score (nSPS) is 11.3. The van der Waals surface area contributed by atoms with E-state index < -0.39 is 11.9 Å². The molecule has 7 heteroatoms. The Labute approximate surface area is 119 Å². The Kier molecular flexibility index (Phi) is 2.72. The molecular formula is C14H13N3O4. The zero-order valence-electron chi connectivity index (χ0n) is 11.5. The summed E-state index contributed by atoms with van der Waals surface area (Å²) in [5, 5.41) is 18.2. The standard InChI is InChI=1S/C14H13N3O4/c1-7-10(6-12(18)19)17-11-5-8(13(20)21)3-4-9(11)15-14(17)16(7)2/h3-5H,6H2,1-2H3,(H,18,19)(H,20,21). The molecule has 2 N–H and O–H groups in total. The molecule has 2 aromatic heterocycles. The molecule has 2 heterocycles. The molecule has 3 rings (SSSR count). The van der Waals surface area contributed by atoms with Gasteiger partial charge in [0.1, 0.15) is 0 Å². The Morgan fingerprint density at radius 2 is 2.00 bits per heavy atom. The van der Waals surface area contributed by atoms with E-state index in [1.807, 2.05) is 6.92 Å². The highest BCUT2D eigenvalue weighted by molar-refractivity contribution is 5.93. The van der Waals surface area contributed by atoms with Crippen LogP contribution in [-0.4, -0.2) is 36.1 Å². The minimum absolute atomic E-state index is 0.145. The first kappa shape index (κ1) is 13.2. The van der Waals surface area contributed by atoms with Gasteiger partial charge >= 0.3 is 11.9 Å². The molecule has 3 aromatic rings. The summed E-state index contributed by atoms with van der Waals surface area (Å²) in [5.74, 6) is -1.37. The summed E-state index contributed by atoms with van der Waals surface area (Å²) in [5.41, 5.74) is 2.78. The van der Waals surface area contributed by atoms with E-state index in [0.29, 0.717) is 22.5 Å². The Bertz CT molecular complexity index is 904. The number of fused-ring (bicyclic) bond motifs is 3. The van der Waals surface area contributed by atoms with Gasteiger partial charge in [-0.25, -0.2) is 9.78 Å². The number of carboxylic acid groups (broad SMARTS) is 2. The lowest BCUT2D eigenvalue weighted by atomic mass is 10.2. The van der Waals surface area contributed by atoms with Gasteiger partial charge in [-0.3, -0.25) is 9.20 Å². The number of aromatic nitrogens is 3. The van der Waals surface area contributed by atoms with Crippen LogP contribution < -0.4 is 0 Å². The van der Waals surface area contributed by atoms with Crippen LogP contribution >= 0.6 is 0 Å². The van der Waals surface area contributed by atoms with Crippen molar-refractivity contribution in [1.29, 1.82) is 0 Å². The molecular weight excluding hydrogens is 274 g/mol. The second kappa shape index (κ2) is 4.34. The first-order valence-electron chi connectivity index (χ1n) is 6.31. The summed E-state index contributed by atoms with van der Waals surface area (Å²) in [6, 6.07) is 4.63. The number of imidazole rings is 2. The lowest BCUT2D eigenvalue weighted by Gasteiger charge is -2.01. The number of carbonyl (C=O) groups is 2. The van der Waals surface area contributed by atoms with E-state index in [1.165, 1.54) is 12.1 Å². The minimum atomic E-state index is -1.03. The summed E-state index contributed by atoms with van der Waals surface area (Å²) >= 11 is 0. The predicted octanol–water partition coefficient (Wildman–Crippen LogP) is 1.46. The molecule has 0 aliphatic rings. The van der Waals surface area contributed by atoms with Crippen molar-refractivity contribution in [1.82, 2.24) is 14.0 Å². The number of benzene rings is 1. The molecule has 0 unspecified atom stereocenters. The van der Waals surface area contributed by atoms with Crippen LogP contribution in [0, 0.1) is 6.92 Å². The summed E-state index contributed by atoms with van der Waals surface area (Å²) < 4.78 is 3.52. The van der Waals surface area contributed by atoms with Crippen LogP contribution in [0.1, 0.15) is 21.7 Å². The van der Waals surface area contributed by atoms with Crippen molar-refractivity contribution >= 4 is 28.7 Å². The van der Waals surface area contributed by atoms with Crippen LogP contribution in [0.2, 0.25) is 0 Å². The summed E-state index contributed by atoms with van der Waals surface area (Å²) in [6.07, 6.45) is -0.147. The van der Waals surface area contributed by atoms with Crippen molar-refractivity contribution in [2.24, 2.45) is 7.05 Å². The fraction of sp³-hybridized carbons (Fsp3) is 0.214. The highest BCUT2D eigenvalue weighted by Crippen LogP contribution is 2.24. The van der Waals surface area contributed by atoms with Crippen molar-refractivity contribution in [3.63, 3.8) is 0 Å². The molecule has 0 aliphatic carbocycles. The highest BCUT2D eigenvalue weighted by Gasteiger charge is 2.19. The fourth-order valence-electron chi connectivity index (χ4n) is 2.54. The Morgan fingerprint density at radius 3 is 2.62 bits per heavy atom. The van der Waals surface area contributed by atoms with Crippen LogP contribution in [-0.2, 0) is 18.3 Å². The van der Waals surface area contributed by atoms with Crippen LogP contribution in [0.15, 0.2) is 18.2 Å². The number of aromatic carboxylic acids is 1. The molecule has 108 valence electrons. The fourth-order valence-corrected chi connectivity index (χ4v) is 2.54. The third-order valence-electron chi connectivity index (χ3n) is 3.69. The monoisotopic (exact) mass is 287 g/mol. The van der Waals surface area contributed by atoms with Crippen LogP contribution in [0.5, 0.6) is 0 Å². The van der Waals surface area contributed by atoms with Gasteiger partial charge in [-0.2, -0.15) is 0 Å². The first-order chi connectivity index (χ1) is 9.90. The molecule has 0 spiro atoms. The second-order valence-electron chi connectivity index (χ2n) is 4.92. The molecule has 0 bridgehead atoms. The van der Waals surface area contributed by atoms with Gasteiger partial charge in [-0.05, 0) is 25.1 Å². The predicted molar refractivity (Wildman–Crippen MR) is 74.7 cm³/mol. The smallest absolute Gasteiger partial charge is 0.335 e. The van der Waals surface area contributed by atoms with Gasteiger partial charge in [0.25, 0.3) is 0 Å². The van der Waals surface area contributed by atoms with Crippen LogP contribution in [0.4, 0.5) is 0 Å². The van der Waals surface area contributed by atoms with Crippen molar-refractivity contribution in [3.8, 4) is 0 Å². The number of aryl methyl sites for hydroxylation is 1. The molecule has 0 radical (unpaired) electrons. The van der Waals surface area contributed by atoms with Crippen molar-refractivity contribution in [3.05, 3.63) is 35.2 Å². The summed E-state index contributed by atoms with van der Waals surface area (Å²) in [4.78, 5) is 26.6. The number of nitrogens with zero attached hydrogens (tertiary/aromatic N) is 3. The molecule has 0 fully saturated rings. The van der Waals surface area contributed by atoms with Gasteiger partial charge in [0.2, 0.25) is 5.78 Å². The first-order valence-corrected chi connectivity index (χ1v) is 6.31. The van der Waals surface area contributed by atoms with E-state index in [2.05, 4.69) is 4.98 Å². The molecule has 0 aliphatic heterocycles. The SMILES string of the molecule is Cc1c(CC(=O)O)n2c3cc(C(=O)O)ccc3nc2n1C. The lowest BCUT2D eigenvalue weighted by molar-refractivity contribution is -0.136. The van der Waals surface area contributed by atoms with Gasteiger partial charge in [0.05, 0.1) is 28.7 Å². The number of carboxylic acids is 2. The van der Waals surface area contributed by atoms with Crippen LogP contribution in [0.3, 0.4) is 0 Å². The van der Waals surface area contributed by atoms with E-state index in [9.17, 15) is 9.59 Å². The molecule has 0 saturated heterocycles. The Hall–Kier alpha value is -2.83. The number of hydrogen-bond donors (Lipinski definition) is 2. The average Bonchev–Trinajstić information content (AvgIpc) is 2.89. The molecule has 0 saturated carbocycles. The van der Waals surface area contributed by atoms with Gasteiger partial charge in [0.15, 0.2) is 0 Å². The molecule has 21 heavy (non-hydrogen) atoms. The summed E-state index contributed by atoms with van der Waals surface area (Å²) in [6.45, 7) is 1.82. The third-order valence-corrected chi connectivity index (χ3v) is 3.69. The largest absolute Gasteiger partial charge is 0.481 e.